The molecule has 20 heavy (non-hydrogen) atoms. The van der Waals surface area contributed by atoms with Gasteiger partial charge in [-0.2, -0.15) is 0 Å². The first-order valence-corrected chi connectivity index (χ1v) is 8.47. The fourth-order valence-electron chi connectivity index (χ4n) is 2.97. The second-order valence-corrected chi connectivity index (χ2v) is 7.23. The zero-order chi connectivity index (χ0) is 14.2. The van der Waals surface area contributed by atoms with Crippen LogP contribution in [0.3, 0.4) is 0 Å². The van der Waals surface area contributed by atoms with Crippen LogP contribution < -0.4 is 10.5 Å². The first kappa shape index (κ1) is 13.6. The molecule has 1 heterocycles. The third-order valence-corrected chi connectivity index (χ3v) is 5.39. The summed E-state index contributed by atoms with van der Waals surface area (Å²) >= 11 is 0. The van der Waals surface area contributed by atoms with Gasteiger partial charge in [0, 0.05) is 18.2 Å². The van der Waals surface area contributed by atoms with Gasteiger partial charge in [-0.3, -0.25) is 9.71 Å². The number of sulfonamides is 1. The van der Waals surface area contributed by atoms with Gasteiger partial charge in [-0.05, 0) is 37.3 Å². The molecule has 0 saturated heterocycles. The normalized spacial score (nSPS) is 29.9. The van der Waals surface area contributed by atoms with Gasteiger partial charge < -0.3 is 5.73 Å². The summed E-state index contributed by atoms with van der Waals surface area (Å²) in [7, 11) is -3.42. The van der Waals surface area contributed by atoms with E-state index in [0.29, 0.717) is 28.8 Å². The van der Waals surface area contributed by atoms with E-state index in [4.69, 9.17) is 5.73 Å². The number of fused-ring (bicyclic) bond motifs is 1. The Kier molecular flexibility index (Phi) is 3.52. The molecule has 1 aromatic rings. The SMILES string of the molecule is NC1CCCC(CN=C2NS(=O)(=O)c3ccccc32)C1. The first-order chi connectivity index (χ1) is 9.56. The van der Waals surface area contributed by atoms with Gasteiger partial charge in [0.25, 0.3) is 10.0 Å². The fourth-order valence-corrected chi connectivity index (χ4v) is 4.22. The third-order valence-electron chi connectivity index (χ3n) is 3.99. The molecular formula is C14H19N3O2S. The Morgan fingerprint density at radius 2 is 2.10 bits per heavy atom. The number of amidine groups is 1. The molecule has 1 aliphatic heterocycles. The number of nitrogens with zero attached hydrogens (tertiary/aromatic N) is 1. The number of rotatable bonds is 2. The summed E-state index contributed by atoms with van der Waals surface area (Å²) in [6.07, 6.45) is 4.32. The van der Waals surface area contributed by atoms with E-state index in [9.17, 15) is 8.42 Å². The Bertz CT molecular complexity index is 640. The maximum atomic E-state index is 12.0. The number of nitrogens with two attached hydrogens (primary N) is 1. The molecule has 1 aromatic carbocycles. The van der Waals surface area contributed by atoms with Crippen molar-refractivity contribution in [2.75, 3.05) is 6.54 Å². The zero-order valence-corrected chi connectivity index (χ0v) is 12.1. The molecule has 3 rings (SSSR count). The number of hydrogen-bond donors (Lipinski definition) is 2. The van der Waals surface area contributed by atoms with Gasteiger partial charge in [-0.25, -0.2) is 8.42 Å². The molecule has 0 amide bonds. The molecule has 0 radical (unpaired) electrons. The Morgan fingerprint density at radius 3 is 2.90 bits per heavy atom. The highest BCUT2D eigenvalue weighted by Gasteiger charge is 2.30. The molecule has 2 aliphatic rings. The van der Waals surface area contributed by atoms with Crippen molar-refractivity contribution >= 4 is 15.9 Å². The molecule has 1 fully saturated rings. The van der Waals surface area contributed by atoms with Crippen LogP contribution in [0.2, 0.25) is 0 Å². The summed E-state index contributed by atoms with van der Waals surface area (Å²) in [4.78, 5) is 4.81. The van der Waals surface area contributed by atoms with Crippen LogP contribution in [0, 0.1) is 5.92 Å². The van der Waals surface area contributed by atoms with Gasteiger partial charge in [0.05, 0.1) is 4.90 Å². The monoisotopic (exact) mass is 293 g/mol. The van der Waals surface area contributed by atoms with Crippen molar-refractivity contribution in [1.82, 2.24) is 4.72 Å². The molecule has 2 unspecified atom stereocenters. The molecule has 108 valence electrons. The Labute approximate surface area is 119 Å². The van der Waals surface area contributed by atoms with Crippen LogP contribution in [0.1, 0.15) is 31.2 Å². The van der Waals surface area contributed by atoms with E-state index in [1.807, 2.05) is 6.07 Å². The second-order valence-electron chi connectivity index (χ2n) is 5.58. The van der Waals surface area contributed by atoms with Gasteiger partial charge in [0.15, 0.2) is 0 Å². The lowest BCUT2D eigenvalue weighted by Gasteiger charge is -2.25. The topological polar surface area (TPSA) is 84.5 Å². The maximum absolute atomic E-state index is 12.0. The predicted octanol–water partition coefficient (Wildman–Crippen LogP) is 1.24. The van der Waals surface area contributed by atoms with Crippen molar-refractivity contribution in [3.05, 3.63) is 29.8 Å². The highest BCUT2D eigenvalue weighted by molar-refractivity contribution is 7.90. The van der Waals surface area contributed by atoms with E-state index in [-0.39, 0.29) is 6.04 Å². The van der Waals surface area contributed by atoms with Crippen molar-refractivity contribution in [3.8, 4) is 0 Å². The number of aliphatic imine (C=N–C) groups is 1. The lowest BCUT2D eigenvalue weighted by atomic mass is 9.86. The fraction of sp³-hybridized carbons (Fsp3) is 0.500. The third kappa shape index (κ3) is 2.58. The van der Waals surface area contributed by atoms with Gasteiger partial charge in [0.2, 0.25) is 0 Å². The predicted molar refractivity (Wildman–Crippen MR) is 78.1 cm³/mol. The molecule has 0 aromatic heterocycles. The van der Waals surface area contributed by atoms with Crippen LogP contribution in [0.5, 0.6) is 0 Å². The molecule has 0 bridgehead atoms. The van der Waals surface area contributed by atoms with Crippen LogP contribution in [0.15, 0.2) is 34.2 Å². The second kappa shape index (κ2) is 5.18. The molecule has 0 spiro atoms. The Morgan fingerprint density at radius 1 is 1.30 bits per heavy atom. The minimum Gasteiger partial charge on any atom is -0.328 e. The van der Waals surface area contributed by atoms with Crippen LogP contribution in [0.25, 0.3) is 0 Å². The summed E-state index contributed by atoms with van der Waals surface area (Å²) in [5.74, 6) is 0.934. The molecule has 6 heteroatoms. The standard InChI is InChI=1S/C14H19N3O2S/c15-11-5-3-4-10(8-11)9-16-14-12-6-1-2-7-13(12)20(18,19)17-14/h1-2,6-7,10-11H,3-5,8-9,15H2,(H,16,17). The summed E-state index contributed by atoms with van der Waals surface area (Å²) in [5.41, 5.74) is 6.64. The van der Waals surface area contributed by atoms with E-state index in [0.717, 1.165) is 25.7 Å². The van der Waals surface area contributed by atoms with Crippen molar-refractivity contribution in [2.24, 2.45) is 16.6 Å². The van der Waals surface area contributed by atoms with E-state index in [1.165, 1.54) is 0 Å². The van der Waals surface area contributed by atoms with Crippen molar-refractivity contribution in [2.45, 2.75) is 36.6 Å². The van der Waals surface area contributed by atoms with E-state index in [2.05, 4.69) is 9.71 Å². The average molecular weight is 293 g/mol. The van der Waals surface area contributed by atoms with Crippen LogP contribution >= 0.6 is 0 Å². The number of nitrogens with one attached hydrogen (secondary N) is 1. The van der Waals surface area contributed by atoms with Crippen molar-refractivity contribution < 1.29 is 8.42 Å². The van der Waals surface area contributed by atoms with Gasteiger partial charge in [0.1, 0.15) is 5.84 Å². The lowest BCUT2D eigenvalue weighted by molar-refractivity contribution is 0.329. The van der Waals surface area contributed by atoms with Crippen LogP contribution in [0.4, 0.5) is 0 Å². The van der Waals surface area contributed by atoms with Crippen LogP contribution in [-0.4, -0.2) is 26.8 Å². The van der Waals surface area contributed by atoms with E-state index in [1.54, 1.807) is 18.2 Å². The highest BCUT2D eigenvalue weighted by atomic mass is 32.2. The van der Waals surface area contributed by atoms with Gasteiger partial charge >= 0.3 is 0 Å². The lowest BCUT2D eigenvalue weighted by Crippen LogP contribution is -2.29. The number of benzene rings is 1. The molecule has 1 saturated carbocycles. The van der Waals surface area contributed by atoms with Gasteiger partial charge in [-0.15, -0.1) is 0 Å². The highest BCUT2D eigenvalue weighted by Crippen LogP contribution is 2.25. The quantitative estimate of drug-likeness (QED) is 0.860. The Balaban J connectivity index is 1.80. The van der Waals surface area contributed by atoms with E-state index < -0.39 is 10.0 Å². The largest absolute Gasteiger partial charge is 0.328 e. The minimum atomic E-state index is -3.42. The van der Waals surface area contributed by atoms with Crippen LogP contribution in [-0.2, 0) is 10.0 Å². The average Bonchev–Trinajstić information content (AvgIpc) is 2.69. The maximum Gasteiger partial charge on any atom is 0.263 e. The Hall–Kier alpha value is -1.40. The summed E-state index contributed by atoms with van der Waals surface area (Å²) in [6, 6.07) is 7.21. The summed E-state index contributed by atoms with van der Waals surface area (Å²) < 4.78 is 26.4. The summed E-state index contributed by atoms with van der Waals surface area (Å²) in [6.45, 7) is 0.639. The smallest absolute Gasteiger partial charge is 0.263 e. The van der Waals surface area contributed by atoms with Crippen molar-refractivity contribution in [1.29, 1.82) is 0 Å². The molecule has 2 atom stereocenters. The minimum absolute atomic E-state index is 0.265. The summed E-state index contributed by atoms with van der Waals surface area (Å²) in [5, 5.41) is 0. The molecule has 1 aliphatic carbocycles. The van der Waals surface area contributed by atoms with E-state index >= 15 is 0 Å². The molecular weight excluding hydrogens is 274 g/mol. The van der Waals surface area contributed by atoms with Gasteiger partial charge in [-0.1, -0.05) is 18.6 Å². The van der Waals surface area contributed by atoms with Crippen molar-refractivity contribution in [3.63, 3.8) is 0 Å². The number of hydrogen-bond acceptors (Lipinski definition) is 4. The molecule has 3 N–H and O–H groups in total. The molecule has 5 nitrogen and oxygen atoms in total. The first-order valence-electron chi connectivity index (χ1n) is 6.98. The zero-order valence-electron chi connectivity index (χ0n) is 11.2.